The molecular formula is C14H24ClN3. The molecule has 1 heterocycles. The van der Waals surface area contributed by atoms with Crippen LogP contribution >= 0.6 is 11.6 Å². The van der Waals surface area contributed by atoms with Crippen molar-refractivity contribution in [1.82, 2.24) is 10.3 Å². The van der Waals surface area contributed by atoms with Crippen LogP contribution in [-0.2, 0) is 6.54 Å². The van der Waals surface area contributed by atoms with Crippen LogP contribution in [0.4, 0.5) is 5.82 Å². The largest absolute Gasteiger partial charge is 0.360 e. The van der Waals surface area contributed by atoms with Crippen LogP contribution in [0, 0.1) is 5.92 Å². The maximum Gasteiger partial charge on any atom is 0.128 e. The number of rotatable bonds is 7. The summed E-state index contributed by atoms with van der Waals surface area (Å²) < 4.78 is 0. The summed E-state index contributed by atoms with van der Waals surface area (Å²) in [7, 11) is 2.06. The average molecular weight is 270 g/mol. The monoisotopic (exact) mass is 269 g/mol. The summed E-state index contributed by atoms with van der Waals surface area (Å²) in [6.07, 6.45) is 1.11. The van der Waals surface area contributed by atoms with E-state index in [1.807, 2.05) is 12.1 Å². The first-order valence-corrected chi connectivity index (χ1v) is 6.99. The van der Waals surface area contributed by atoms with Gasteiger partial charge in [0.15, 0.2) is 0 Å². The summed E-state index contributed by atoms with van der Waals surface area (Å²) in [5, 5.41) is 4.11. The normalized spacial score (nSPS) is 11.0. The van der Waals surface area contributed by atoms with Crippen molar-refractivity contribution in [2.75, 3.05) is 25.0 Å². The van der Waals surface area contributed by atoms with Crippen molar-refractivity contribution in [3.05, 3.63) is 22.8 Å². The Balaban J connectivity index is 2.68. The third-order valence-electron chi connectivity index (χ3n) is 2.70. The van der Waals surface area contributed by atoms with E-state index >= 15 is 0 Å². The van der Waals surface area contributed by atoms with Crippen LogP contribution in [0.3, 0.4) is 0 Å². The third-order valence-corrected chi connectivity index (χ3v) is 3.04. The number of pyridine rings is 1. The Hall–Kier alpha value is -0.800. The molecule has 102 valence electrons. The highest BCUT2D eigenvalue weighted by molar-refractivity contribution is 6.31. The van der Waals surface area contributed by atoms with Gasteiger partial charge in [0.1, 0.15) is 5.82 Å². The summed E-state index contributed by atoms with van der Waals surface area (Å²) >= 11 is 6.17. The summed E-state index contributed by atoms with van der Waals surface area (Å²) in [5.74, 6) is 1.62. The van der Waals surface area contributed by atoms with Gasteiger partial charge in [0.2, 0.25) is 0 Å². The van der Waals surface area contributed by atoms with Gasteiger partial charge in [-0.15, -0.1) is 0 Å². The summed E-state index contributed by atoms with van der Waals surface area (Å²) in [5.41, 5.74) is 0.928. The number of anilines is 1. The van der Waals surface area contributed by atoms with E-state index < -0.39 is 0 Å². The molecule has 0 fully saturated rings. The predicted molar refractivity (Wildman–Crippen MR) is 79.4 cm³/mol. The number of nitrogens with one attached hydrogen (secondary N) is 1. The molecule has 3 nitrogen and oxygen atoms in total. The van der Waals surface area contributed by atoms with E-state index in [2.05, 4.69) is 43.0 Å². The van der Waals surface area contributed by atoms with Crippen molar-refractivity contribution in [1.29, 1.82) is 0 Å². The van der Waals surface area contributed by atoms with E-state index in [0.29, 0.717) is 5.92 Å². The van der Waals surface area contributed by atoms with Crippen LogP contribution in [0.25, 0.3) is 0 Å². The molecule has 1 N–H and O–H groups in total. The highest BCUT2D eigenvalue weighted by Gasteiger charge is 2.07. The Labute approximate surface area is 116 Å². The smallest absolute Gasteiger partial charge is 0.128 e. The molecule has 0 bridgehead atoms. The van der Waals surface area contributed by atoms with E-state index in [1.165, 1.54) is 0 Å². The van der Waals surface area contributed by atoms with Crippen molar-refractivity contribution in [2.45, 2.75) is 33.7 Å². The third kappa shape index (κ3) is 4.83. The van der Waals surface area contributed by atoms with E-state index in [9.17, 15) is 0 Å². The molecule has 1 aromatic rings. The number of hydrogen-bond acceptors (Lipinski definition) is 3. The van der Waals surface area contributed by atoms with Crippen LogP contribution in [0.5, 0.6) is 0 Å². The van der Waals surface area contributed by atoms with Crippen LogP contribution in [0.15, 0.2) is 12.1 Å². The summed E-state index contributed by atoms with van der Waals surface area (Å²) in [6, 6.07) is 3.91. The zero-order valence-corrected chi connectivity index (χ0v) is 12.6. The molecule has 0 atom stereocenters. The van der Waals surface area contributed by atoms with E-state index in [-0.39, 0.29) is 0 Å². The van der Waals surface area contributed by atoms with Gasteiger partial charge in [-0.3, -0.25) is 0 Å². The van der Waals surface area contributed by atoms with Gasteiger partial charge in [-0.2, -0.15) is 0 Å². The molecule has 0 unspecified atom stereocenters. The minimum absolute atomic E-state index is 0.634. The lowest BCUT2D eigenvalue weighted by Crippen LogP contribution is -2.22. The Bertz CT molecular complexity index is 366. The molecule has 0 aromatic carbocycles. The second-order valence-corrected chi connectivity index (χ2v) is 5.45. The second-order valence-electron chi connectivity index (χ2n) is 5.04. The van der Waals surface area contributed by atoms with Crippen molar-refractivity contribution in [3.63, 3.8) is 0 Å². The lowest BCUT2D eigenvalue weighted by atomic mass is 10.2. The minimum Gasteiger partial charge on any atom is -0.360 e. The standard InChI is InChI=1S/C14H24ClN3/c1-5-8-18(4)14-7-6-12(15)13(17-14)10-16-9-11(2)3/h6-7,11,16H,5,8-10H2,1-4H3. The predicted octanol–water partition coefficient (Wildman–Crippen LogP) is 3.33. The molecule has 0 saturated heterocycles. The number of halogens is 1. The molecule has 0 aliphatic carbocycles. The van der Waals surface area contributed by atoms with Crippen LogP contribution < -0.4 is 10.2 Å². The first-order valence-electron chi connectivity index (χ1n) is 6.61. The van der Waals surface area contributed by atoms with Crippen molar-refractivity contribution < 1.29 is 0 Å². The van der Waals surface area contributed by atoms with Gasteiger partial charge in [-0.25, -0.2) is 4.98 Å². The van der Waals surface area contributed by atoms with E-state index in [1.54, 1.807) is 0 Å². The van der Waals surface area contributed by atoms with Gasteiger partial charge < -0.3 is 10.2 Å². The molecule has 4 heteroatoms. The molecule has 1 aromatic heterocycles. The summed E-state index contributed by atoms with van der Waals surface area (Å²) in [6.45, 7) is 9.25. The summed E-state index contributed by atoms with van der Waals surface area (Å²) in [4.78, 5) is 6.77. The highest BCUT2D eigenvalue weighted by atomic mass is 35.5. The molecule has 0 saturated carbocycles. The van der Waals surface area contributed by atoms with Crippen LogP contribution in [0.1, 0.15) is 32.9 Å². The molecule has 0 aliphatic heterocycles. The minimum atomic E-state index is 0.634. The van der Waals surface area contributed by atoms with Gasteiger partial charge in [0.25, 0.3) is 0 Å². The number of nitrogens with zero attached hydrogens (tertiary/aromatic N) is 2. The topological polar surface area (TPSA) is 28.2 Å². The average Bonchev–Trinajstić information content (AvgIpc) is 2.31. The molecule has 18 heavy (non-hydrogen) atoms. The lowest BCUT2D eigenvalue weighted by Gasteiger charge is -2.18. The Morgan fingerprint density at radius 2 is 2.11 bits per heavy atom. The fraction of sp³-hybridized carbons (Fsp3) is 0.643. The van der Waals surface area contributed by atoms with Crippen molar-refractivity contribution in [3.8, 4) is 0 Å². The first kappa shape index (κ1) is 15.3. The Morgan fingerprint density at radius 1 is 1.39 bits per heavy atom. The number of hydrogen-bond donors (Lipinski definition) is 1. The number of aromatic nitrogens is 1. The lowest BCUT2D eigenvalue weighted by molar-refractivity contribution is 0.548. The molecule has 0 amide bonds. The molecule has 0 aliphatic rings. The zero-order chi connectivity index (χ0) is 13.5. The van der Waals surface area contributed by atoms with Gasteiger partial charge in [0.05, 0.1) is 10.7 Å². The van der Waals surface area contributed by atoms with Crippen LogP contribution in [0.2, 0.25) is 5.02 Å². The highest BCUT2D eigenvalue weighted by Crippen LogP contribution is 2.18. The molecule has 1 rings (SSSR count). The fourth-order valence-electron chi connectivity index (χ4n) is 1.74. The van der Waals surface area contributed by atoms with E-state index in [4.69, 9.17) is 11.6 Å². The van der Waals surface area contributed by atoms with Gasteiger partial charge in [-0.05, 0) is 31.0 Å². The Kier molecular flexibility index (Phi) is 6.44. The SMILES string of the molecule is CCCN(C)c1ccc(Cl)c(CNCC(C)C)n1. The van der Waals surface area contributed by atoms with Gasteiger partial charge >= 0.3 is 0 Å². The van der Waals surface area contributed by atoms with Crippen molar-refractivity contribution in [2.24, 2.45) is 5.92 Å². The van der Waals surface area contributed by atoms with Crippen molar-refractivity contribution >= 4 is 17.4 Å². The fourth-order valence-corrected chi connectivity index (χ4v) is 1.91. The van der Waals surface area contributed by atoms with Gasteiger partial charge in [0, 0.05) is 20.1 Å². The molecule has 0 spiro atoms. The molecular weight excluding hydrogens is 246 g/mol. The van der Waals surface area contributed by atoms with Crippen LogP contribution in [-0.4, -0.2) is 25.1 Å². The maximum atomic E-state index is 6.17. The first-order chi connectivity index (χ1) is 8.54. The Morgan fingerprint density at radius 3 is 2.72 bits per heavy atom. The zero-order valence-electron chi connectivity index (χ0n) is 11.8. The second kappa shape index (κ2) is 7.59. The van der Waals surface area contributed by atoms with Gasteiger partial charge in [-0.1, -0.05) is 32.4 Å². The quantitative estimate of drug-likeness (QED) is 0.823. The maximum absolute atomic E-state index is 6.17. The van der Waals surface area contributed by atoms with E-state index in [0.717, 1.165) is 42.6 Å². The molecule has 0 radical (unpaired) electrons.